The van der Waals surface area contributed by atoms with Crippen LogP contribution < -0.4 is 4.74 Å². The molecule has 1 rings (SSSR count). The van der Waals surface area contributed by atoms with Crippen molar-refractivity contribution in [3.63, 3.8) is 0 Å². The minimum Gasteiger partial charge on any atom is -0.481 e. The van der Waals surface area contributed by atoms with E-state index in [1.807, 2.05) is 20.9 Å². The minimum atomic E-state index is -0.501. The van der Waals surface area contributed by atoms with Gasteiger partial charge >= 0.3 is 0 Å². The molecule has 0 aromatic carbocycles. The molecule has 2 atom stereocenters. The SMILES string of the molecule is CCC(C)C(O)c1c(C)nn(C)c1OC. The molecule has 0 saturated carbocycles. The number of aryl methyl sites for hydroxylation is 2. The van der Waals surface area contributed by atoms with Crippen molar-refractivity contribution in [1.29, 1.82) is 0 Å². The quantitative estimate of drug-likeness (QED) is 0.828. The van der Waals surface area contributed by atoms with Crippen LogP contribution in [-0.4, -0.2) is 22.0 Å². The van der Waals surface area contributed by atoms with Crippen molar-refractivity contribution in [3.8, 4) is 5.88 Å². The van der Waals surface area contributed by atoms with Gasteiger partial charge in [-0.05, 0) is 12.8 Å². The van der Waals surface area contributed by atoms with E-state index in [0.29, 0.717) is 5.88 Å². The van der Waals surface area contributed by atoms with Gasteiger partial charge in [0.1, 0.15) is 0 Å². The van der Waals surface area contributed by atoms with Gasteiger partial charge in [0.05, 0.1) is 24.5 Å². The fourth-order valence-corrected chi connectivity index (χ4v) is 1.74. The molecule has 0 bridgehead atoms. The summed E-state index contributed by atoms with van der Waals surface area (Å²) in [4.78, 5) is 0. The van der Waals surface area contributed by atoms with Gasteiger partial charge in [0.15, 0.2) is 0 Å². The van der Waals surface area contributed by atoms with Gasteiger partial charge in [-0.3, -0.25) is 0 Å². The maximum atomic E-state index is 10.2. The molecule has 1 aromatic rings. The lowest BCUT2D eigenvalue weighted by Gasteiger charge is -2.17. The maximum absolute atomic E-state index is 10.2. The lowest BCUT2D eigenvalue weighted by atomic mass is 9.95. The van der Waals surface area contributed by atoms with E-state index in [4.69, 9.17) is 4.74 Å². The minimum absolute atomic E-state index is 0.210. The molecule has 0 radical (unpaired) electrons. The van der Waals surface area contributed by atoms with Gasteiger partial charge in [-0.25, -0.2) is 4.68 Å². The Balaban J connectivity index is 3.11. The number of rotatable bonds is 4. The third kappa shape index (κ3) is 2.15. The number of methoxy groups -OCH3 is 1. The summed E-state index contributed by atoms with van der Waals surface area (Å²) in [5.41, 5.74) is 1.65. The summed E-state index contributed by atoms with van der Waals surface area (Å²) in [5, 5.41) is 14.4. The lowest BCUT2D eigenvalue weighted by Crippen LogP contribution is -2.10. The van der Waals surface area contributed by atoms with Crippen LogP contribution in [0.5, 0.6) is 5.88 Å². The predicted octanol–water partition coefficient (Wildman–Crippen LogP) is 1.82. The normalized spacial score (nSPS) is 15.1. The molecule has 1 N–H and O–H groups in total. The molecule has 0 aliphatic carbocycles. The topological polar surface area (TPSA) is 47.3 Å². The first-order valence-electron chi connectivity index (χ1n) is 5.28. The molecule has 4 nitrogen and oxygen atoms in total. The molecule has 0 fully saturated rings. The molecule has 0 aliphatic rings. The Morgan fingerprint density at radius 2 is 2.13 bits per heavy atom. The van der Waals surface area contributed by atoms with E-state index in [0.717, 1.165) is 17.7 Å². The number of aliphatic hydroxyl groups is 1. The highest BCUT2D eigenvalue weighted by Gasteiger charge is 2.24. The molecular weight excluding hydrogens is 192 g/mol. The van der Waals surface area contributed by atoms with Crippen molar-refractivity contribution >= 4 is 0 Å². The molecule has 2 unspecified atom stereocenters. The molecule has 0 aliphatic heterocycles. The maximum Gasteiger partial charge on any atom is 0.217 e. The number of hydrogen-bond acceptors (Lipinski definition) is 3. The molecular formula is C11H20N2O2. The zero-order valence-electron chi connectivity index (χ0n) is 10.1. The largest absolute Gasteiger partial charge is 0.481 e. The molecule has 0 amide bonds. The average Bonchev–Trinajstić information content (AvgIpc) is 2.50. The summed E-state index contributed by atoms with van der Waals surface area (Å²) in [6.07, 6.45) is 0.428. The van der Waals surface area contributed by atoms with E-state index in [-0.39, 0.29) is 5.92 Å². The summed E-state index contributed by atoms with van der Waals surface area (Å²) < 4.78 is 6.92. The van der Waals surface area contributed by atoms with E-state index >= 15 is 0 Å². The fraction of sp³-hybridized carbons (Fsp3) is 0.727. The Kier molecular flexibility index (Phi) is 3.74. The highest BCUT2D eigenvalue weighted by Crippen LogP contribution is 2.33. The summed E-state index contributed by atoms with van der Waals surface area (Å²) in [7, 11) is 3.42. The molecule has 1 heterocycles. The van der Waals surface area contributed by atoms with Crippen LogP contribution in [-0.2, 0) is 7.05 Å². The van der Waals surface area contributed by atoms with Gasteiger partial charge in [0.25, 0.3) is 0 Å². The number of hydrogen-bond donors (Lipinski definition) is 1. The number of nitrogens with zero attached hydrogens (tertiary/aromatic N) is 2. The molecule has 4 heteroatoms. The van der Waals surface area contributed by atoms with Crippen LogP contribution in [0.15, 0.2) is 0 Å². The van der Waals surface area contributed by atoms with Gasteiger partial charge in [-0.15, -0.1) is 0 Å². The van der Waals surface area contributed by atoms with Crippen LogP contribution in [0.1, 0.15) is 37.6 Å². The lowest BCUT2D eigenvalue weighted by molar-refractivity contribution is 0.111. The van der Waals surface area contributed by atoms with E-state index in [1.165, 1.54) is 0 Å². The first-order valence-corrected chi connectivity index (χ1v) is 5.28. The van der Waals surface area contributed by atoms with Crippen LogP contribution in [0.4, 0.5) is 0 Å². The predicted molar refractivity (Wildman–Crippen MR) is 58.9 cm³/mol. The number of aromatic nitrogens is 2. The van der Waals surface area contributed by atoms with Crippen LogP contribution in [0.2, 0.25) is 0 Å². The van der Waals surface area contributed by atoms with Crippen LogP contribution in [0.3, 0.4) is 0 Å². The van der Waals surface area contributed by atoms with Gasteiger partial charge in [-0.2, -0.15) is 5.10 Å². The van der Waals surface area contributed by atoms with Crippen molar-refractivity contribution in [3.05, 3.63) is 11.3 Å². The van der Waals surface area contributed by atoms with Gasteiger partial charge in [-0.1, -0.05) is 20.3 Å². The van der Waals surface area contributed by atoms with E-state index in [2.05, 4.69) is 12.0 Å². The number of aliphatic hydroxyl groups excluding tert-OH is 1. The van der Waals surface area contributed by atoms with Crippen molar-refractivity contribution in [1.82, 2.24) is 9.78 Å². The zero-order valence-corrected chi connectivity index (χ0v) is 10.1. The molecule has 15 heavy (non-hydrogen) atoms. The monoisotopic (exact) mass is 212 g/mol. The smallest absolute Gasteiger partial charge is 0.217 e. The highest BCUT2D eigenvalue weighted by molar-refractivity contribution is 5.33. The Labute approximate surface area is 90.9 Å². The highest BCUT2D eigenvalue weighted by atomic mass is 16.5. The zero-order chi connectivity index (χ0) is 11.6. The van der Waals surface area contributed by atoms with Crippen LogP contribution >= 0.6 is 0 Å². The van der Waals surface area contributed by atoms with Crippen molar-refractivity contribution in [2.45, 2.75) is 33.3 Å². The fourth-order valence-electron chi connectivity index (χ4n) is 1.74. The first-order chi connectivity index (χ1) is 7.02. The van der Waals surface area contributed by atoms with Gasteiger partial charge in [0.2, 0.25) is 5.88 Å². The molecule has 1 aromatic heterocycles. The van der Waals surface area contributed by atoms with Crippen LogP contribution in [0, 0.1) is 12.8 Å². The Morgan fingerprint density at radius 1 is 1.53 bits per heavy atom. The molecule has 0 saturated heterocycles. The first kappa shape index (κ1) is 12.0. The summed E-state index contributed by atoms with van der Waals surface area (Å²) in [6.45, 7) is 5.98. The average molecular weight is 212 g/mol. The summed E-state index contributed by atoms with van der Waals surface area (Å²) >= 11 is 0. The van der Waals surface area contributed by atoms with Crippen molar-refractivity contribution < 1.29 is 9.84 Å². The molecule has 86 valence electrons. The summed E-state index contributed by atoms with van der Waals surface area (Å²) in [6, 6.07) is 0. The van der Waals surface area contributed by atoms with Crippen LogP contribution in [0.25, 0.3) is 0 Å². The Hall–Kier alpha value is -1.03. The van der Waals surface area contributed by atoms with E-state index in [9.17, 15) is 5.11 Å². The Morgan fingerprint density at radius 3 is 2.60 bits per heavy atom. The van der Waals surface area contributed by atoms with Gasteiger partial charge in [0, 0.05) is 7.05 Å². The standard InChI is InChI=1S/C11H20N2O2/c1-6-7(2)10(14)9-8(3)12-13(4)11(9)15-5/h7,10,14H,6H2,1-5H3. The third-order valence-electron chi connectivity index (χ3n) is 2.89. The van der Waals surface area contributed by atoms with E-state index in [1.54, 1.807) is 11.8 Å². The van der Waals surface area contributed by atoms with Crippen molar-refractivity contribution in [2.24, 2.45) is 13.0 Å². The van der Waals surface area contributed by atoms with Crippen molar-refractivity contribution in [2.75, 3.05) is 7.11 Å². The second-order valence-corrected chi connectivity index (χ2v) is 3.96. The Bertz CT molecular complexity index is 334. The third-order valence-corrected chi connectivity index (χ3v) is 2.89. The molecule has 0 spiro atoms. The van der Waals surface area contributed by atoms with Gasteiger partial charge < -0.3 is 9.84 Å². The number of ether oxygens (including phenoxy) is 1. The van der Waals surface area contributed by atoms with E-state index < -0.39 is 6.10 Å². The second-order valence-electron chi connectivity index (χ2n) is 3.96. The second kappa shape index (κ2) is 4.66. The summed E-state index contributed by atoms with van der Waals surface area (Å²) in [5.74, 6) is 0.863.